The van der Waals surface area contributed by atoms with Gasteiger partial charge in [-0.3, -0.25) is 14.5 Å². The number of carbonyl (C=O) groups is 2. The lowest BCUT2D eigenvalue weighted by Gasteiger charge is -2.17. The highest BCUT2D eigenvalue weighted by atomic mass is 16.7. The van der Waals surface area contributed by atoms with Gasteiger partial charge >= 0.3 is 0 Å². The normalized spacial score (nSPS) is 11.9. The number of carbonyl (C=O) groups excluding carboxylic acids is 2. The van der Waals surface area contributed by atoms with E-state index in [1.807, 2.05) is 43.1 Å². The van der Waals surface area contributed by atoms with E-state index in [4.69, 9.17) is 14.2 Å². The van der Waals surface area contributed by atoms with Crippen LogP contribution in [0.2, 0.25) is 0 Å². The Kier molecular flexibility index (Phi) is 7.29. The van der Waals surface area contributed by atoms with E-state index in [0.717, 1.165) is 5.75 Å². The minimum atomic E-state index is -0.338. The molecule has 0 spiro atoms. The van der Waals surface area contributed by atoms with Crippen LogP contribution in [0, 0.1) is 6.92 Å². The van der Waals surface area contributed by atoms with E-state index in [1.165, 1.54) is 5.56 Å². The number of aryl methyl sites for hydroxylation is 1. The second kappa shape index (κ2) is 10.7. The number of likely N-dealkylation sites (N-methyl/N-ethyl adjacent to an activating group) is 1. The largest absolute Gasteiger partial charge is 0.492 e. The van der Waals surface area contributed by atoms with Crippen molar-refractivity contribution < 1.29 is 23.8 Å². The third kappa shape index (κ3) is 6.05. The molecule has 0 aromatic heterocycles. The molecule has 0 aliphatic carbocycles. The van der Waals surface area contributed by atoms with Crippen molar-refractivity contribution in [3.05, 3.63) is 77.9 Å². The third-order valence-electron chi connectivity index (χ3n) is 5.25. The first-order valence-corrected chi connectivity index (χ1v) is 11.0. The summed E-state index contributed by atoms with van der Waals surface area (Å²) in [5.74, 6) is 1.45. The maximum absolute atomic E-state index is 12.9. The van der Waals surface area contributed by atoms with Crippen molar-refractivity contribution in [2.75, 3.05) is 44.2 Å². The Labute approximate surface area is 198 Å². The van der Waals surface area contributed by atoms with Crippen molar-refractivity contribution in [2.24, 2.45) is 0 Å². The molecular weight excluding hydrogens is 434 g/mol. The van der Waals surface area contributed by atoms with Crippen LogP contribution >= 0.6 is 0 Å². The number of rotatable bonds is 9. The predicted octanol–water partition coefficient (Wildman–Crippen LogP) is 3.93. The first kappa shape index (κ1) is 23.1. The fourth-order valence-corrected chi connectivity index (χ4v) is 3.43. The smallest absolute Gasteiger partial charge is 0.257 e. The number of para-hydroxylation sites is 1. The maximum Gasteiger partial charge on any atom is 0.257 e. The highest BCUT2D eigenvalue weighted by molar-refractivity contribution is 6.10. The van der Waals surface area contributed by atoms with Crippen LogP contribution in [-0.4, -0.2) is 50.3 Å². The van der Waals surface area contributed by atoms with E-state index in [9.17, 15) is 9.59 Å². The lowest BCUT2D eigenvalue weighted by atomic mass is 10.1. The first-order valence-electron chi connectivity index (χ1n) is 11.0. The summed E-state index contributed by atoms with van der Waals surface area (Å²) in [6.45, 7) is 3.38. The molecule has 34 heavy (non-hydrogen) atoms. The fraction of sp³-hybridized carbons (Fsp3) is 0.231. The monoisotopic (exact) mass is 461 g/mol. The Morgan fingerprint density at radius 2 is 1.74 bits per heavy atom. The molecule has 0 bridgehead atoms. The van der Waals surface area contributed by atoms with E-state index in [0.29, 0.717) is 41.6 Å². The molecule has 0 saturated carbocycles. The van der Waals surface area contributed by atoms with Crippen LogP contribution in [0.25, 0.3) is 0 Å². The van der Waals surface area contributed by atoms with Gasteiger partial charge in [0.05, 0.1) is 17.8 Å². The fourth-order valence-electron chi connectivity index (χ4n) is 3.43. The van der Waals surface area contributed by atoms with Gasteiger partial charge in [0, 0.05) is 18.3 Å². The number of anilines is 2. The van der Waals surface area contributed by atoms with Crippen LogP contribution < -0.4 is 24.8 Å². The molecule has 4 rings (SSSR count). The SMILES string of the molecule is Cc1ccc(OCCN(C)CC(=O)Nc2ccccc2C(=O)Nc2ccc3c(c2)OCO3)cc1. The van der Waals surface area contributed by atoms with Crippen LogP contribution in [0.5, 0.6) is 17.2 Å². The molecule has 2 N–H and O–H groups in total. The summed E-state index contributed by atoms with van der Waals surface area (Å²) in [7, 11) is 1.84. The van der Waals surface area contributed by atoms with Gasteiger partial charge in [0.15, 0.2) is 11.5 Å². The molecule has 176 valence electrons. The van der Waals surface area contributed by atoms with Crippen LogP contribution in [0.15, 0.2) is 66.7 Å². The zero-order valence-corrected chi connectivity index (χ0v) is 19.2. The van der Waals surface area contributed by atoms with Gasteiger partial charge in [-0.2, -0.15) is 0 Å². The second-order valence-electron chi connectivity index (χ2n) is 8.02. The summed E-state index contributed by atoms with van der Waals surface area (Å²) in [5.41, 5.74) is 2.55. The molecular formula is C26H27N3O5. The van der Waals surface area contributed by atoms with E-state index in [2.05, 4.69) is 10.6 Å². The number of hydrogen-bond donors (Lipinski definition) is 2. The summed E-state index contributed by atoms with van der Waals surface area (Å²) in [5, 5.41) is 5.67. The van der Waals surface area contributed by atoms with E-state index in [1.54, 1.807) is 42.5 Å². The minimum absolute atomic E-state index is 0.161. The first-order chi connectivity index (χ1) is 16.5. The summed E-state index contributed by atoms with van der Waals surface area (Å²) < 4.78 is 16.4. The Morgan fingerprint density at radius 3 is 2.56 bits per heavy atom. The predicted molar refractivity (Wildman–Crippen MR) is 130 cm³/mol. The van der Waals surface area contributed by atoms with Crippen LogP contribution in [-0.2, 0) is 4.79 Å². The van der Waals surface area contributed by atoms with E-state index < -0.39 is 0 Å². The second-order valence-corrected chi connectivity index (χ2v) is 8.02. The van der Waals surface area contributed by atoms with Crippen molar-refractivity contribution in [3.63, 3.8) is 0 Å². The number of fused-ring (bicyclic) bond motifs is 1. The van der Waals surface area contributed by atoms with E-state index >= 15 is 0 Å². The third-order valence-corrected chi connectivity index (χ3v) is 5.25. The molecule has 0 saturated heterocycles. The van der Waals surface area contributed by atoms with Crippen molar-refractivity contribution in [1.82, 2.24) is 4.90 Å². The van der Waals surface area contributed by atoms with Gasteiger partial charge in [-0.05, 0) is 50.4 Å². The lowest BCUT2D eigenvalue weighted by molar-refractivity contribution is -0.117. The number of hydrogen-bond acceptors (Lipinski definition) is 6. The van der Waals surface area contributed by atoms with Crippen molar-refractivity contribution in [1.29, 1.82) is 0 Å². The summed E-state index contributed by atoms with van der Waals surface area (Å²) >= 11 is 0. The zero-order valence-electron chi connectivity index (χ0n) is 19.2. The average Bonchev–Trinajstić information content (AvgIpc) is 3.28. The van der Waals surface area contributed by atoms with Gasteiger partial charge in [0.2, 0.25) is 12.7 Å². The molecule has 1 aliphatic rings. The molecule has 3 aromatic rings. The molecule has 3 aromatic carbocycles. The Hall–Kier alpha value is -4.04. The quantitative estimate of drug-likeness (QED) is 0.502. The molecule has 8 heteroatoms. The number of benzene rings is 3. The van der Waals surface area contributed by atoms with Gasteiger partial charge in [0.25, 0.3) is 5.91 Å². The lowest BCUT2D eigenvalue weighted by Crippen LogP contribution is -2.33. The average molecular weight is 462 g/mol. The number of amides is 2. The Bertz CT molecular complexity index is 1160. The van der Waals surface area contributed by atoms with Crippen LogP contribution in [0.4, 0.5) is 11.4 Å². The molecule has 1 heterocycles. The molecule has 0 fully saturated rings. The van der Waals surface area contributed by atoms with Crippen molar-refractivity contribution in [2.45, 2.75) is 6.92 Å². The van der Waals surface area contributed by atoms with Crippen LogP contribution in [0.3, 0.4) is 0 Å². The summed E-state index contributed by atoms with van der Waals surface area (Å²) in [6, 6.07) is 19.9. The molecule has 1 aliphatic heterocycles. The van der Waals surface area contributed by atoms with Crippen molar-refractivity contribution in [3.8, 4) is 17.2 Å². The van der Waals surface area contributed by atoms with Crippen LogP contribution in [0.1, 0.15) is 15.9 Å². The maximum atomic E-state index is 12.9. The molecule has 0 atom stereocenters. The van der Waals surface area contributed by atoms with Gasteiger partial charge < -0.3 is 24.8 Å². The van der Waals surface area contributed by atoms with Gasteiger partial charge in [-0.1, -0.05) is 29.8 Å². The Balaban J connectivity index is 1.29. The summed E-state index contributed by atoms with van der Waals surface area (Å²) in [6.07, 6.45) is 0. The Morgan fingerprint density at radius 1 is 0.971 bits per heavy atom. The number of nitrogens with one attached hydrogen (secondary N) is 2. The topological polar surface area (TPSA) is 89.1 Å². The van der Waals surface area contributed by atoms with Gasteiger partial charge in [-0.15, -0.1) is 0 Å². The van der Waals surface area contributed by atoms with E-state index in [-0.39, 0.29) is 25.2 Å². The standard InChI is InChI=1S/C26H27N3O5/c1-18-7-10-20(11-8-18)32-14-13-29(2)16-25(30)28-22-6-4-3-5-21(22)26(31)27-19-9-12-23-24(15-19)34-17-33-23/h3-12,15H,13-14,16-17H2,1-2H3,(H,27,31)(H,28,30). The molecule has 2 amide bonds. The number of nitrogens with zero attached hydrogens (tertiary/aromatic N) is 1. The highest BCUT2D eigenvalue weighted by Crippen LogP contribution is 2.34. The molecule has 0 radical (unpaired) electrons. The zero-order chi connectivity index (χ0) is 23.9. The number of ether oxygens (including phenoxy) is 3. The van der Waals surface area contributed by atoms with Crippen molar-refractivity contribution >= 4 is 23.2 Å². The minimum Gasteiger partial charge on any atom is -0.492 e. The highest BCUT2D eigenvalue weighted by Gasteiger charge is 2.17. The van der Waals surface area contributed by atoms with Gasteiger partial charge in [0.1, 0.15) is 12.4 Å². The van der Waals surface area contributed by atoms with Gasteiger partial charge in [-0.25, -0.2) is 0 Å². The summed E-state index contributed by atoms with van der Waals surface area (Å²) in [4.78, 5) is 27.3. The molecule has 0 unspecified atom stereocenters. The molecule has 8 nitrogen and oxygen atoms in total.